The molecular formula is C18H28N2O4. The number of ether oxygens (including phenoxy) is 3. The highest BCUT2D eigenvalue weighted by molar-refractivity contribution is 5.87. The summed E-state index contributed by atoms with van der Waals surface area (Å²) in [5, 5.41) is 4.19. The Balaban J connectivity index is 2.64. The summed E-state index contributed by atoms with van der Waals surface area (Å²) < 4.78 is 18.1. The van der Waals surface area contributed by atoms with E-state index in [1.54, 1.807) is 16.9 Å². The highest BCUT2D eigenvalue weighted by Gasteiger charge is 2.28. The number of aryl methyl sites for hydroxylation is 1. The molecule has 6 nitrogen and oxygen atoms in total. The quantitative estimate of drug-likeness (QED) is 0.485. The van der Waals surface area contributed by atoms with Gasteiger partial charge in [-0.05, 0) is 39.7 Å². The van der Waals surface area contributed by atoms with Crippen LogP contribution in [-0.2, 0) is 20.8 Å². The van der Waals surface area contributed by atoms with Gasteiger partial charge < -0.3 is 14.2 Å². The van der Waals surface area contributed by atoms with E-state index in [4.69, 9.17) is 20.6 Å². The van der Waals surface area contributed by atoms with Crippen LogP contribution >= 0.6 is 0 Å². The summed E-state index contributed by atoms with van der Waals surface area (Å²) in [6.45, 7) is 9.27. The zero-order valence-electron chi connectivity index (χ0n) is 15.3. The van der Waals surface area contributed by atoms with Gasteiger partial charge in [-0.25, -0.2) is 4.79 Å². The predicted molar refractivity (Wildman–Crippen MR) is 91.7 cm³/mol. The van der Waals surface area contributed by atoms with Crippen LogP contribution in [0.1, 0.15) is 51.0 Å². The Morgan fingerprint density at radius 2 is 2.08 bits per heavy atom. The fourth-order valence-corrected chi connectivity index (χ4v) is 2.11. The van der Waals surface area contributed by atoms with Crippen molar-refractivity contribution < 1.29 is 19.0 Å². The van der Waals surface area contributed by atoms with E-state index in [1.807, 2.05) is 20.8 Å². The molecule has 1 atom stereocenters. The van der Waals surface area contributed by atoms with Gasteiger partial charge in [0.05, 0.1) is 24.9 Å². The lowest BCUT2D eigenvalue weighted by molar-refractivity contribution is -0.124. The number of carbonyl (C=O) groups excluding carboxylic acids is 1. The number of hydrogen-bond acceptors (Lipinski definition) is 5. The summed E-state index contributed by atoms with van der Waals surface area (Å²) in [6.07, 6.45) is 8.36. The largest absolute Gasteiger partial charge is 0.464 e. The third-order valence-corrected chi connectivity index (χ3v) is 4.03. The summed E-state index contributed by atoms with van der Waals surface area (Å²) in [4.78, 5) is 11.7. The summed E-state index contributed by atoms with van der Waals surface area (Å²) >= 11 is 0. The lowest BCUT2D eigenvalue weighted by atomic mass is 9.98. The first kappa shape index (κ1) is 20.2. The normalized spacial score (nSPS) is 14.0. The third kappa shape index (κ3) is 5.99. The number of hydrogen-bond donors (Lipinski definition) is 0. The molecule has 1 aromatic heterocycles. The van der Waals surface area contributed by atoms with Gasteiger partial charge in [0.25, 0.3) is 0 Å². The minimum atomic E-state index is -0.453. The van der Waals surface area contributed by atoms with Gasteiger partial charge in [0.15, 0.2) is 0 Å². The van der Waals surface area contributed by atoms with E-state index >= 15 is 0 Å². The van der Waals surface area contributed by atoms with E-state index in [2.05, 4.69) is 17.9 Å². The lowest BCUT2D eigenvalue weighted by Gasteiger charge is -2.33. The first-order valence-electron chi connectivity index (χ1n) is 8.08. The molecular weight excluding hydrogens is 308 g/mol. The smallest absolute Gasteiger partial charge is 0.356 e. The highest BCUT2D eigenvalue weighted by Crippen LogP contribution is 2.24. The molecule has 1 unspecified atom stereocenters. The maximum absolute atomic E-state index is 11.7. The number of nitrogens with zero attached hydrogens (tertiary/aromatic N) is 2. The number of methoxy groups -OCH3 is 1. The SMILES string of the molecule is C#CCOC(C)(C)COC(C)(CC)CCn1nccc1C(=O)OC. The monoisotopic (exact) mass is 336 g/mol. The number of carbonyl (C=O) groups is 1. The second kappa shape index (κ2) is 8.86. The van der Waals surface area contributed by atoms with Gasteiger partial charge in [0, 0.05) is 12.7 Å². The molecule has 0 radical (unpaired) electrons. The second-order valence-corrected chi connectivity index (χ2v) is 6.53. The molecule has 0 saturated carbocycles. The molecule has 0 aromatic carbocycles. The lowest BCUT2D eigenvalue weighted by Crippen LogP contribution is -2.38. The maximum atomic E-state index is 11.7. The Kier molecular flexibility index (Phi) is 7.46. The molecule has 0 bridgehead atoms. The maximum Gasteiger partial charge on any atom is 0.356 e. The van der Waals surface area contributed by atoms with Crippen molar-refractivity contribution in [3.8, 4) is 12.3 Å². The number of terminal acetylenes is 1. The predicted octanol–water partition coefficient (Wildman–Crippen LogP) is 2.67. The van der Waals surface area contributed by atoms with Crippen LogP contribution < -0.4 is 0 Å². The van der Waals surface area contributed by atoms with Crippen molar-refractivity contribution in [1.82, 2.24) is 9.78 Å². The molecule has 24 heavy (non-hydrogen) atoms. The minimum absolute atomic E-state index is 0.259. The summed E-state index contributed by atoms with van der Waals surface area (Å²) in [5.41, 5.74) is -0.365. The van der Waals surface area contributed by atoms with Crippen LogP contribution in [0.2, 0.25) is 0 Å². The van der Waals surface area contributed by atoms with Gasteiger partial charge in [0.2, 0.25) is 0 Å². The molecule has 134 valence electrons. The molecule has 0 aliphatic rings. The molecule has 0 amide bonds. The van der Waals surface area contributed by atoms with E-state index in [0.717, 1.165) is 6.42 Å². The Labute approximate surface area is 144 Å². The van der Waals surface area contributed by atoms with Crippen LogP contribution in [0.15, 0.2) is 12.3 Å². The van der Waals surface area contributed by atoms with Crippen molar-refractivity contribution in [2.75, 3.05) is 20.3 Å². The van der Waals surface area contributed by atoms with Gasteiger partial charge in [0.1, 0.15) is 12.3 Å². The van der Waals surface area contributed by atoms with Crippen LogP contribution in [0.25, 0.3) is 0 Å². The molecule has 1 rings (SSSR count). The topological polar surface area (TPSA) is 62.6 Å². The molecule has 0 aliphatic heterocycles. The first-order valence-corrected chi connectivity index (χ1v) is 8.08. The fraction of sp³-hybridized carbons (Fsp3) is 0.667. The number of aromatic nitrogens is 2. The Morgan fingerprint density at radius 3 is 2.67 bits per heavy atom. The second-order valence-electron chi connectivity index (χ2n) is 6.53. The average Bonchev–Trinajstić information content (AvgIpc) is 3.04. The molecule has 0 saturated heterocycles. The van der Waals surface area contributed by atoms with Crippen molar-refractivity contribution in [2.45, 2.75) is 58.3 Å². The van der Waals surface area contributed by atoms with E-state index in [-0.39, 0.29) is 12.2 Å². The molecule has 6 heteroatoms. The molecule has 1 heterocycles. The zero-order valence-corrected chi connectivity index (χ0v) is 15.3. The van der Waals surface area contributed by atoms with E-state index in [0.29, 0.717) is 25.3 Å². The molecule has 0 spiro atoms. The fourth-order valence-electron chi connectivity index (χ4n) is 2.11. The van der Waals surface area contributed by atoms with Gasteiger partial charge in [-0.2, -0.15) is 5.10 Å². The standard InChI is InChI=1S/C18H28N2O4/c1-7-13-23-17(3,4)14-24-18(5,8-2)10-12-20-15(9-11-19-20)16(21)22-6/h1,9,11H,8,10,12-14H2,2-6H3. The Bertz CT molecular complexity index is 574. The van der Waals surface area contributed by atoms with Gasteiger partial charge in [-0.15, -0.1) is 6.42 Å². The van der Waals surface area contributed by atoms with Gasteiger partial charge >= 0.3 is 5.97 Å². The van der Waals surface area contributed by atoms with Gasteiger partial charge in [-0.1, -0.05) is 12.8 Å². The number of esters is 1. The van der Waals surface area contributed by atoms with Crippen LogP contribution in [-0.4, -0.2) is 47.3 Å². The number of rotatable bonds is 10. The third-order valence-electron chi connectivity index (χ3n) is 4.03. The molecule has 0 N–H and O–H groups in total. The van der Waals surface area contributed by atoms with Gasteiger partial charge in [-0.3, -0.25) is 4.68 Å². The van der Waals surface area contributed by atoms with E-state index < -0.39 is 11.6 Å². The van der Waals surface area contributed by atoms with Crippen LogP contribution in [0, 0.1) is 12.3 Å². The van der Waals surface area contributed by atoms with Crippen LogP contribution in [0.5, 0.6) is 0 Å². The summed E-state index contributed by atoms with van der Waals surface area (Å²) in [5.74, 6) is 2.07. The Hall–Kier alpha value is -1.84. The minimum Gasteiger partial charge on any atom is -0.464 e. The summed E-state index contributed by atoms with van der Waals surface area (Å²) in [6, 6.07) is 1.65. The Morgan fingerprint density at radius 1 is 1.38 bits per heavy atom. The van der Waals surface area contributed by atoms with Crippen molar-refractivity contribution >= 4 is 5.97 Å². The molecule has 1 aromatic rings. The molecule has 0 fully saturated rings. The van der Waals surface area contributed by atoms with Crippen LogP contribution in [0.4, 0.5) is 0 Å². The molecule has 0 aliphatic carbocycles. The van der Waals surface area contributed by atoms with E-state index in [9.17, 15) is 4.79 Å². The van der Waals surface area contributed by atoms with E-state index in [1.165, 1.54) is 7.11 Å². The summed E-state index contributed by atoms with van der Waals surface area (Å²) in [7, 11) is 1.36. The van der Waals surface area contributed by atoms with Crippen molar-refractivity contribution in [2.24, 2.45) is 0 Å². The van der Waals surface area contributed by atoms with Crippen molar-refractivity contribution in [1.29, 1.82) is 0 Å². The average molecular weight is 336 g/mol. The van der Waals surface area contributed by atoms with Crippen molar-refractivity contribution in [3.05, 3.63) is 18.0 Å². The first-order chi connectivity index (χ1) is 11.3. The zero-order chi connectivity index (χ0) is 18.2. The highest BCUT2D eigenvalue weighted by atomic mass is 16.6. The van der Waals surface area contributed by atoms with Crippen molar-refractivity contribution in [3.63, 3.8) is 0 Å². The van der Waals surface area contributed by atoms with Crippen LogP contribution in [0.3, 0.4) is 0 Å².